The van der Waals surface area contributed by atoms with Crippen molar-refractivity contribution in [1.82, 2.24) is 10.2 Å². The van der Waals surface area contributed by atoms with Gasteiger partial charge in [-0.3, -0.25) is 4.90 Å². The average Bonchev–Trinajstić information content (AvgIpc) is 2.49. The molecule has 1 aromatic rings. The van der Waals surface area contributed by atoms with E-state index in [0.29, 0.717) is 0 Å². The molecule has 0 aromatic heterocycles. The Morgan fingerprint density at radius 1 is 1.20 bits per heavy atom. The van der Waals surface area contributed by atoms with Gasteiger partial charge in [0.25, 0.3) is 0 Å². The van der Waals surface area contributed by atoms with Crippen molar-refractivity contribution in [2.24, 2.45) is 0 Å². The molecule has 0 radical (unpaired) electrons. The first-order valence-electron chi connectivity index (χ1n) is 6.58. The van der Waals surface area contributed by atoms with Gasteiger partial charge in [-0.1, -0.05) is 6.07 Å². The lowest BCUT2D eigenvalue weighted by molar-refractivity contribution is 0.107. The van der Waals surface area contributed by atoms with Crippen molar-refractivity contribution in [2.75, 3.05) is 47.0 Å². The Morgan fingerprint density at radius 3 is 2.20 bits per heavy atom. The van der Waals surface area contributed by atoms with Crippen molar-refractivity contribution in [3.05, 3.63) is 23.8 Å². The number of hydrogen-bond donors (Lipinski definition) is 2. The Bertz CT molecular complexity index is 389. The van der Waals surface area contributed by atoms with E-state index in [9.17, 15) is 5.11 Å². The number of benzene rings is 1. The Hall–Kier alpha value is -1.01. The molecule has 5 nitrogen and oxygen atoms in total. The van der Waals surface area contributed by atoms with Crippen LogP contribution >= 0.6 is 12.4 Å². The molecule has 114 valence electrons. The normalized spacial score (nSPS) is 17.1. The fourth-order valence-electron chi connectivity index (χ4n) is 2.59. The third kappa shape index (κ3) is 3.55. The number of rotatable bonds is 5. The van der Waals surface area contributed by atoms with E-state index >= 15 is 0 Å². The molecule has 1 saturated heterocycles. The summed E-state index contributed by atoms with van der Waals surface area (Å²) in [7, 11) is 3.29. The van der Waals surface area contributed by atoms with Crippen molar-refractivity contribution in [3.63, 3.8) is 0 Å². The molecule has 2 N–H and O–H groups in total. The first kappa shape index (κ1) is 17.0. The molecule has 6 heteroatoms. The van der Waals surface area contributed by atoms with Gasteiger partial charge in [-0.15, -0.1) is 12.4 Å². The topological polar surface area (TPSA) is 54.0 Å². The standard InChI is InChI=1S/C14H22N2O3.ClH/c1-18-12-4-3-5-13(19-2)14(12)11(10-17)16-8-6-15-7-9-16;/h3-5,11,15,17H,6-10H2,1-2H3;1H/t11-;/m1./s1. The number of halogens is 1. The van der Waals surface area contributed by atoms with E-state index in [4.69, 9.17) is 9.47 Å². The zero-order valence-corrected chi connectivity index (χ0v) is 12.8. The summed E-state index contributed by atoms with van der Waals surface area (Å²) in [6, 6.07) is 5.62. The third-order valence-corrected chi connectivity index (χ3v) is 3.56. The molecule has 20 heavy (non-hydrogen) atoms. The number of aliphatic hydroxyl groups is 1. The van der Waals surface area contributed by atoms with E-state index in [1.165, 1.54) is 0 Å². The highest BCUT2D eigenvalue weighted by atomic mass is 35.5. The molecule has 0 spiro atoms. The van der Waals surface area contributed by atoms with Gasteiger partial charge in [0.2, 0.25) is 0 Å². The molecule has 1 aromatic carbocycles. The molecule has 0 unspecified atom stereocenters. The largest absolute Gasteiger partial charge is 0.496 e. The minimum absolute atomic E-state index is 0. The van der Waals surface area contributed by atoms with Gasteiger partial charge in [0.05, 0.1) is 32.4 Å². The summed E-state index contributed by atoms with van der Waals surface area (Å²) in [6.45, 7) is 3.75. The highest BCUT2D eigenvalue weighted by molar-refractivity contribution is 5.85. The Morgan fingerprint density at radius 2 is 1.75 bits per heavy atom. The Labute approximate surface area is 126 Å². The van der Waals surface area contributed by atoms with E-state index in [1.54, 1.807) is 14.2 Å². The zero-order chi connectivity index (χ0) is 13.7. The van der Waals surface area contributed by atoms with Gasteiger partial charge < -0.3 is 19.9 Å². The molecule has 1 fully saturated rings. The van der Waals surface area contributed by atoms with Crippen LogP contribution in [0.4, 0.5) is 0 Å². The molecule has 1 heterocycles. The van der Waals surface area contributed by atoms with Gasteiger partial charge in [0.15, 0.2) is 0 Å². The van der Waals surface area contributed by atoms with E-state index in [-0.39, 0.29) is 25.1 Å². The van der Waals surface area contributed by atoms with Crippen molar-refractivity contribution < 1.29 is 14.6 Å². The van der Waals surface area contributed by atoms with Crippen LogP contribution in [0.25, 0.3) is 0 Å². The maximum atomic E-state index is 9.80. The van der Waals surface area contributed by atoms with E-state index in [2.05, 4.69) is 10.2 Å². The maximum absolute atomic E-state index is 9.80. The van der Waals surface area contributed by atoms with Crippen LogP contribution in [0.2, 0.25) is 0 Å². The van der Waals surface area contributed by atoms with E-state index in [0.717, 1.165) is 43.2 Å². The number of nitrogens with zero attached hydrogens (tertiary/aromatic N) is 1. The second-order valence-corrected chi connectivity index (χ2v) is 4.56. The lowest BCUT2D eigenvalue weighted by Gasteiger charge is -2.35. The van der Waals surface area contributed by atoms with Crippen molar-refractivity contribution in [1.29, 1.82) is 0 Å². The summed E-state index contributed by atoms with van der Waals surface area (Å²) < 4.78 is 10.9. The molecule has 0 amide bonds. The summed E-state index contributed by atoms with van der Waals surface area (Å²) in [4.78, 5) is 2.26. The lowest BCUT2D eigenvalue weighted by atomic mass is 10.0. The lowest BCUT2D eigenvalue weighted by Crippen LogP contribution is -2.46. The summed E-state index contributed by atoms with van der Waals surface area (Å²) >= 11 is 0. The predicted molar refractivity (Wildman–Crippen MR) is 81.1 cm³/mol. The number of nitrogens with one attached hydrogen (secondary N) is 1. The van der Waals surface area contributed by atoms with Crippen LogP contribution in [-0.2, 0) is 0 Å². The Balaban J connectivity index is 0.00000200. The number of piperazine rings is 1. The van der Waals surface area contributed by atoms with Crippen LogP contribution in [0.3, 0.4) is 0 Å². The third-order valence-electron chi connectivity index (χ3n) is 3.56. The highest BCUT2D eigenvalue weighted by Gasteiger charge is 2.27. The fraction of sp³-hybridized carbons (Fsp3) is 0.571. The molecule has 0 saturated carbocycles. The molecular weight excluding hydrogens is 280 g/mol. The van der Waals surface area contributed by atoms with Crippen molar-refractivity contribution >= 4 is 12.4 Å². The molecule has 0 aliphatic carbocycles. The van der Waals surface area contributed by atoms with E-state index in [1.807, 2.05) is 18.2 Å². The van der Waals surface area contributed by atoms with Gasteiger partial charge in [-0.05, 0) is 12.1 Å². The van der Waals surface area contributed by atoms with Gasteiger partial charge in [-0.25, -0.2) is 0 Å². The summed E-state index contributed by atoms with van der Waals surface area (Å²) in [5.74, 6) is 1.52. The maximum Gasteiger partial charge on any atom is 0.127 e. The number of ether oxygens (including phenoxy) is 2. The van der Waals surface area contributed by atoms with Gasteiger partial charge in [-0.2, -0.15) is 0 Å². The molecular formula is C14H23ClN2O3. The first-order valence-corrected chi connectivity index (χ1v) is 6.58. The minimum atomic E-state index is -0.0896. The second-order valence-electron chi connectivity index (χ2n) is 4.56. The van der Waals surface area contributed by atoms with Crippen LogP contribution in [0, 0.1) is 0 Å². The van der Waals surface area contributed by atoms with Crippen molar-refractivity contribution in [2.45, 2.75) is 6.04 Å². The van der Waals surface area contributed by atoms with Gasteiger partial charge in [0.1, 0.15) is 11.5 Å². The average molecular weight is 303 g/mol. The van der Waals surface area contributed by atoms with Crippen molar-refractivity contribution in [3.8, 4) is 11.5 Å². The van der Waals surface area contributed by atoms with Crippen LogP contribution in [0.1, 0.15) is 11.6 Å². The molecule has 2 rings (SSSR count). The SMILES string of the molecule is COc1cccc(OC)c1[C@@H](CO)N1CCNCC1.Cl. The molecule has 1 aliphatic rings. The Kier molecular flexibility index (Phi) is 7.09. The summed E-state index contributed by atoms with van der Waals surface area (Å²) in [6.07, 6.45) is 0. The number of aliphatic hydroxyl groups excluding tert-OH is 1. The molecule has 1 atom stereocenters. The smallest absolute Gasteiger partial charge is 0.127 e. The molecule has 1 aliphatic heterocycles. The minimum Gasteiger partial charge on any atom is -0.496 e. The van der Waals surface area contributed by atoms with Gasteiger partial charge >= 0.3 is 0 Å². The van der Waals surface area contributed by atoms with E-state index < -0.39 is 0 Å². The van der Waals surface area contributed by atoms with Crippen LogP contribution in [0.15, 0.2) is 18.2 Å². The second kappa shape index (κ2) is 8.32. The van der Waals surface area contributed by atoms with Crippen LogP contribution in [0.5, 0.6) is 11.5 Å². The summed E-state index contributed by atoms with van der Waals surface area (Å²) in [5, 5.41) is 13.1. The van der Waals surface area contributed by atoms with Gasteiger partial charge in [0, 0.05) is 26.2 Å². The fourth-order valence-corrected chi connectivity index (χ4v) is 2.59. The zero-order valence-electron chi connectivity index (χ0n) is 12.0. The van der Waals surface area contributed by atoms with Crippen LogP contribution < -0.4 is 14.8 Å². The predicted octanol–water partition coefficient (Wildman–Crippen LogP) is 1.06. The number of hydrogen-bond acceptors (Lipinski definition) is 5. The quantitative estimate of drug-likeness (QED) is 0.852. The summed E-state index contributed by atoms with van der Waals surface area (Å²) in [5.41, 5.74) is 0.928. The number of methoxy groups -OCH3 is 2. The van der Waals surface area contributed by atoms with Crippen LogP contribution in [-0.4, -0.2) is 57.0 Å². The monoisotopic (exact) mass is 302 g/mol. The molecule has 0 bridgehead atoms. The highest BCUT2D eigenvalue weighted by Crippen LogP contribution is 2.36. The first-order chi connectivity index (χ1) is 9.31.